The molecule has 6 heteroatoms. The molecule has 0 aliphatic rings. The Balaban J connectivity index is 2.66. The second-order valence-corrected chi connectivity index (χ2v) is 3.07. The Kier molecular flexibility index (Phi) is 5.98. The van der Waals surface area contributed by atoms with Crippen LogP contribution in [0.3, 0.4) is 0 Å². The van der Waals surface area contributed by atoms with E-state index in [4.69, 9.17) is 18.9 Å². The molecule has 0 aliphatic carbocycles. The zero-order valence-electron chi connectivity index (χ0n) is 9.84. The van der Waals surface area contributed by atoms with Crippen LogP contribution >= 0.6 is 0 Å². The van der Waals surface area contributed by atoms with Crippen molar-refractivity contribution in [1.29, 1.82) is 0 Å². The summed E-state index contributed by atoms with van der Waals surface area (Å²) >= 11 is 0. The number of ether oxygens (including phenoxy) is 4. The first-order valence-electron chi connectivity index (χ1n) is 5.00. The summed E-state index contributed by atoms with van der Waals surface area (Å²) in [5, 5.41) is 0. The van der Waals surface area contributed by atoms with Crippen LogP contribution in [-0.2, 0) is 9.47 Å². The lowest BCUT2D eigenvalue weighted by atomic mass is 10.3. The predicted molar refractivity (Wildman–Crippen MR) is 59.5 cm³/mol. The predicted octanol–water partition coefficient (Wildman–Crippen LogP) is 0.902. The molecule has 0 bridgehead atoms. The SMILES string of the molecule is COCCOc1cc(C=O)c(OCOC)cn1. The Labute approximate surface area is 99.5 Å². The van der Waals surface area contributed by atoms with Crippen molar-refractivity contribution in [2.75, 3.05) is 34.2 Å². The van der Waals surface area contributed by atoms with Crippen molar-refractivity contribution in [3.05, 3.63) is 17.8 Å². The third-order valence-corrected chi connectivity index (χ3v) is 1.87. The highest BCUT2D eigenvalue weighted by atomic mass is 16.7. The van der Waals surface area contributed by atoms with Gasteiger partial charge in [-0.25, -0.2) is 4.98 Å². The normalized spacial score (nSPS) is 10.0. The molecule has 1 heterocycles. The Morgan fingerprint density at radius 3 is 2.71 bits per heavy atom. The van der Waals surface area contributed by atoms with E-state index >= 15 is 0 Å². The van der Waals surface area contributed by atoms with Gasteiger partial charge in [0.05, 0.1) is 18.4 Å². The highest BCUT2D eigenvalue weighted by molar-refractivity contribution is 5.79. The van der Waals surface area contributed by atoms with E-state index in [0.29, 0.717) is 36.7 Å². The standard InChI is InChI=1S/C11H15NO5/c1-14-3-4-16-11-5-9(7-13)10(6-12-11)17-8-15-2/h5-7H,3-4,8H2,1-2H3. The molecule has 0 saturated heterocycles. The zero-order chi connectivity index (χ0) is 12.5. The quantitative estimate of drug-likeness (QED) is 0.383. The Bertz CT molecular complexity index is 356. The maximum atomic E-state index is 10.8. The van der Waals surface area contributed by atoms with Crippen LogP contribution in [0.1, 0.15) is 10.4 Å². The smallest absolute Gasteiger partial charge is 0.214 e. The van der Waals surface area contributed by atoms with E-state index in [1.54, 1.807) is 7.11 Å². The lowest BCUT2D eigenvalue weighted by Crippen LogP contribution is -2.07. The van der Waals surface area contributed by atoms with Crippen molar-refractivity contribution in [3.8, 4) is 11.6 Å². The maximum absolute atomic E-state index is 10.8. The molecule has 1 aromatic rings. The van der Waals surface area contributed by atoms with Gasteiger partial charge in [0.15, 0.2) is 18.8 Å². The largest absolute Gasteiger partial charge is 0.475 e. The fraction of sp³-hybridized carbons (Fsp3) is 0.455. The summed E-state index contributed by atoms with van der Waals surface area (Å²) in [5.74, 6) is 0.717. The molecule has 0 amide bonds. The first-order chi connectivity index (χ1) is 8.31. The summed E-state index contributed by atoms with van der Waals surface area (Å²) in [7, 11) is 3.07. The van der Waals surface area contributed by atoms with Gasteiger partial charge >= 0.3 is 0 Å². The third kappa shape index (κ3) is 4.38. The Morgan fingerprint density at radius 1 is 1.24 bits per heavy atom. The minimum Gasteiger partial charge on any atom is -0.475 e. The Morgan fingerprint density at radius 2 is 2.06 bits per heavy atom. The van der Waals surface area contributed by atoms with Gasteiger partial charge in [0.2, 0.25) is 5.88 Å². The molecule has 0 fully saturated rings. The molecule has 0 aliphatic heterocycles. The van der Waals surface area contributed by atoms with Crippen LogP contribution in [0.15, 0.2) is 12.3 Å². The number of nitrogens with zero attached hydrogens (tertiary/aromatic N) is 1. The third-order valence-electron chi connectivity index (χ3n) is 1.87. The molecule has 17 heavy (non-hydrogen) atoms. The van der Waals surface area contributed by atoms with Gasteiger partial charge in [-0.05, 0) is 0 Å². The van der Waals surface area contributed by atoms with E-state index in [1.165, 1.54) is 19.4 Å². The fourth-order valence-corrected chi connectivity index (χ4v) is 1.08. The average Bonchev–Trinajstić information content (AvgIpc) is 2.37. The molecular weight excluding hydrogens is 226 g/mol. The van der Waals surface area contributed by atoms with Gasteiger partial charge in [-0.3, -0.25) is 4.79 Å². The number of carbonyl (C=O) groups excluding carboxylic acids is 1. The fourth-order valence-electron chi connectivity index (χ4n) is 1.08. The van der Waals surface area contributed by atoms with E-state index in [-0.39, 0.29) is 6.79 Å². The second-order valence-electron chi connectivity index (χ2n) is 3.07. The molecule has 0 radical (unpaired) electrons. The highest BCUT2D eigenvalue weighted by Gasteiger charge is 2.06. The van der Waals surface area contributed by atoms with Crippen LogP contribution in [0.4, 0.5) is 0 Å². The van der Waals surface area contributed by atoms with E-state index in [0.717, 1.165) is 0 Å². The van der Waals surface area contributed by atoms with Gasteiger partial charge < -0.3 is 18.9 Å². The number of aromatic nitrogens is 1. The molecule has 0 unspecified atom stereocenters. The minimum atomic E-state index is 0.0619. The van der Waals surface area contributed by atoms with Gasteiger partial charge in [0.1, 0.15) is 6.61 Å². The number of methoxy groups -OCH3 is 2. The van der Waals surface area contributed by atoms with Crippen LogP contribution in [0.2, 0.25) is 0 Å². The summed E-state index contributed by atoms with van der Waals surface area (Å²) < 4.78 is 20.0. The van der Waals surface area contributed by atoms with Gasteiger partial charge in [0.25, 0.3) is 0 Å². The minimum absolute atomic E-state index is 0.0619. The lowest BCUT2D eigenvalue weighted by Gasteiger charge is -2.09. The molecular formula is C11H15NO5. The number of carbonyl (C=O) groups is 1. The number of aldehydes is 1. The highest BCUT2D eigenvalue weighted by Crippen LogP contribution is 2.19. The van der Waals surface area contributed by atoms with Crippen molar-refractivity contribution in [3.63, 3.8) is 0 Å². The topological polar surface area (TPSA) is 66.9 Å². The number of hydrogen-bond acceptors (Lipinski definition) is 6. The zero-order valence-corrected chi connectivity index (χ0v) is 9.84. The summed E-state index contributed by atoms with van der Waals surface area (Å²) in [4.78, 5) is 14.8. The van der Waals surface area contributed by atoms with Gasteiger partial charge in [-0.1, -0.05) is 0 Å². The number of pyridine rings is 1. The van der Waals surface area contributed by atoms with Crippen LogP contribution in [0, 0.1) is 0 Å². The number of rotatable bonds is 8. The molecule has 94 valence electrons. The van der Waals surface area contributed by atoms with Gasteiger partial charge in [-0.15, -0.1) is 0 Å². The van der Waals surface area contributed by atoms with Crippen molar-refractivity contribution in [2.45, 2.75) is 0 Å². The van der Waals surface area contributed by atoms with Crippen molar-refractivity contribution >= 4 is 6.29 Å². The monoisotopic (exact) mass is 241 g/mol. The maximum Gasteiger partial charge on any atom is 0.214 e. The van der Waals surface area contributed by atoms with Crippen LogP contribution in [-0.4, -0.2) is 45.5 Å². The van der Waals surface area contributed by atoms with Crippen molar-refractivity contribution < 1.29 is 23.7 Å². The second kappa shape index (κ2) is 7.59. The van der Waals surface area contributed by atoms with Crippen LogP contribution < -0.4 is 9.47 Å². The van der Waals surface area contributed by atoms with Gasteiger partial charge in [-0.2, -0.15) is 0 Å². The molecule has 0 aromatic carbocycles. The van der Waals surface area contributed by atoms with E-state index in [2.05, 4.69) is 4.98 Å². The summed E-state index contributed by atoms with van der Waals surface area (Å²) in [6.45, 7) is 0.895. The van der Waals surface area contributed by atoms with Crippen LogP contribution in [0.25, 0.3) is 0 Å². The van der Waals surface area contributed by atoms with Crippen LogP contribution in [0.5, 0.6) is 11.6 Å². The first kappa shape index (κ1) is 13.4. The molecule has 0 saturated carbocycles. The molecule has 0 atom stereocenters. The van der Waals surface area contributed by atoms with E-state index in [9.17, 15) is 4.79 Å². The molecule has 1 aromatic heterocycles. The first-order valence-corrected chi connectivity index (χ1v) is 5.00. The summed E-state index contributed by atoms with van der Waals surface area (Å²) in [6, 6.07) is 1.51. The molecule has 0 spiro atoms. The average molecular weight is 241 g/mol. The Hall–Kier alpha value is -1.66. The molecule has 1 rings (SSSR count). The number of hydrogen-bond donors (Lipinski definition) is 0. The van der Waals surface area contributed by atoms with Gasteiger partial charge in [0, 0.05) is 20.3 Å². The molecule has 0 N–H and O–H groups in total. The summed E-state index contributed by atoms with van der Waals surface area (Å²) in [6.07, 6.45) is 2.10. The summed E-state index contributed by atoms with van der Waals surface area (Å²) in [5.41, 5.74) is 0.365. The van der Waals surface area contributed by atoms with Crippen molar-refractivity contribution in [2.24, 2.45) is 0 Å². The molecule has 6 nitrogen and oxygen atoms in total. The van der Waals surface area contributed by atoms with E-state index < -0.39 is 0 Å². The van der Waals surface area contributed by atoms with E-state index in [1.807, 2.05) is 0 Å². The van der Waals surface area contributed by atoms with Crippen molar-refractivity contribution in [1.82, 2.24) is 4.98 Å². The lowest BCUT2D eigenvalue weighted by molar-refractivity contribution is 0.0501.